The molecule has 0 heterocycles. The highest BCUT2D eigenvalue weighted by atomic mass is 16.5. The number of hydrogen-bond donors (Lipinski definition) is 1. The molecule has 6 heteroatoms. The first-order valence-electron chi connectivity index (χ1n) is 10.3. The van der Waals surface area contributed by atoms with E-state index in [4.69, 9.17) is 9.47 Å². The lowest BCUT2D eigenvalue weighted by Crippen LogP contribution is -2.49. The summed E-state index contributed by atoms with van der Waals surface area (Å²) in [4.78, 5) is 27.2. The van der Waals surface area contributed by atoms with Gasteiger partial charge in [0.15, 0.2) is 6.61 Å². The number of rotatable bonds is 11. The molecule has 0 radical (unpaired) electrons. The van der Waals surface area contributed by atoms with Crippen LogP contribution in [-0.4, -0.2) is 43.0 Å². The molecule has 0 aliphatic carbocycles. The lowest BCUT2D eigenvalue weighted by Gasteiger charge is -2.29. The fourth-order valence-electron chi connectivity index (χ4n) is 2.95. The number of ether oxygens (including phenoxy) is 2. The van der Waals surface area contributed by atoms with Crippen LogP contribution in [0.4, 0.5) is 0 Å². The SMILES string of the molecule is CCCCNC(=O)[C@@H](C)N(Cc1cccc(OC)c1)C(=O)COc1ccc(C)cc1. The number of amides is 2. The van der Waals surface area contributed by atoms with Crippen LogP contribution >= 0.6 is 0 Å². The van der Waals surface area contributed by atoms with Crippen molar-refractivity contribution in [3.8, 4) is 11.5 Å². The second-order valence-electron chi connectivity index (χ2n) is 7.30. The molecule has 1 N–H and O–H groups in total. The fourth-order valence-corrected chi connectivity index (χ4v) is 2.95. The van der Waals surface area contributed by atoms with Crippen molar-refractivity contribution in [3.05, 3.63) is 59.7 Å². The minimum absolute atomic E-state index is 0.139. The Bertz CT molecular complexity index is 820. The number of methoxy groups -OCH3 is 1. The van der Waals surface area contributed by atoms with Crippen molar-refractivity contribution in [2.24, 2.45) is 0 Å². The van der Waals surface area contributed by atoms with Gasteiger partial charge in [0.2, 0.25) is 5.91 Å². The van der Waals surface area contributed by atoms with Gasteiger partial charge in [-0.05, 0) is 50.1 Å². The van der Waals surface area contributed by atoms with Gasteiger partial charge in [0.25, 0.3) is 5.91 Å². The van der Waals surface area contributed by atoms with Crippen molar-refractivity contribution < 1.29 is 19.1 Å². The number of hydrogen-bond acceptors (Lipinski definition) is 4. The summed E-state index contributed by atoms with van der Waals surface area (Å²) in [7, 11) is 1.60. The molecule has 0 fully saturated rings. The Hall–Kier alpha value is -3.02. The average Bonchev–Trinajstić information content (AvgIpc) is 2.76. The van der Waals surface area contributed by atoms with Crippen LogP contribution < -0.4 is 14.8 Å². The van der Waals surface area contributed by atoms with E-state index in [0.717, 1.165) is 24.0 Å². The molecule has 1 atom stereocenters. The maximum absolute atomic E-state index is 13.0. The Labute approximate surface area is 179 Å². The van der Waals surface area contributed by atoms with E-state index in [2.05, 4.69) is 12.2 Å². The third-order valence-corrected chi connectivity index (χ3v) is 4.87. The molecule has 162 valence electrons. The number of carbonyl (C=O) groups is 2. The van der Waals surface area contributed by atoms with Crippen LogP contribution in [-0.2, 0) is 16.1 Å². The van der Waals surface area contributed by atoms with Gasteiger partial charge in [0, 0.05) is 13.1 Å². The highest BCUT2D eigenvalue weighted by Gasteiger charge is 2.26. The lowest BCUT2D eigenvalue weighted by atomic mass is 10.1. The van der Waals surface area contributed by atoms with Gasteiger partial charge in [-0.15, -0.1) is 0 Å². The van der Waals surface area contributed by atoms with E-state index in [9.17, 15) is 9.59 Å². The van der Waals surface area contributed by atoms with Crippen LogP contribution in [0.3, 0.4) is 0 Å². The van der Waals surface area contributed by atoms with E-state index >= 15 is 0 Å². The summed E-state index contributed by atoms with van der Waals surface area (Å²) in [6.45, 7) is 6.54. The Kier molecular flexibility index (Phi) is 9.19. The van der Waals surface area contributed by atoms with Crippen LogP contribution in [0.2, 0.25) is 0 Å². The summed E-state index contributed by atoms with van der Waals surface area (Å²) in [5.74, 6) is 0.901. The van der Waals surface area contributed by atoms with Gasteiger partial charge in [-0.25, -0.2) is 0 Å². The number of nitrogens with one attached hydrogen (secondary N) is 1. The van der Waals surface area contributed by atoms with Gasteiger partial charge in [0.1, 0.15) is 17.5 Å². The topological polar surface area (TPSA) is 67.9 Å². The number of aryl methyl sites for hydroxylation is 1. The van der Waals surface area contributed by atoms with Crippen molar-refractivity contribution in [2.45, 2.75) is 46.2 Å². The minimum atomic E-state index is -0.623. The molecular weight excluding hydrogens is 380 g/mol. The van der Waals surface area contributed by atoms with E-state index < -0.39 is 6.04 Å². The Morgan fingerprint density at radius 3 is 2.50 bits per heavy atom. The third-order valence-electron chi connectivity index (χ3n) is 4.87. The molecule has 2 amide bonds. The Morgan fingerprint density at radius 2 is 1.83 bits per heavy atom. The average molecular weight is 413 g/mol. The molecule has 0 saturated heterocycles. The Morgan fingerprint density at radius 1 is 1.10 bits per heavy atom. The van der Waals surface area contributed by atoms with Gasteiger partial charge in [0.05, 0.1) is 7.11 Å². The predicted molar refractivity (Wildman–Crippen MR) is 118 cm³/mol. The number of unbranched alkanes of at least 4 members (excludes halogenated alkanes) is 1. The van der Waals surface area contributed by atoms with Crippen molar-refractivity contribution in [2.75, 3.05) is 20.3 Å². The molecule has 0 saturated carbocycles. The summed E-state index contributed by atoms with van der Waals surface area (Å²) in [6.07, 6.45) is 1.89. The highest BCUT2D eigenvalue weighted by Crippen LogP contribution is 2.17. The molecule has 6 nitrogen and oxygen atoms in total. The van der Waals surface area contributed by atoms with E-state index in [1.165, 1.54) is 0 Å². The highest BCUT2D eigenvalue weighted by molar-refractivity contribution is 5.87. The van der Waals surface area contributed by atoms with Gasteiger partial charge < -0.3 is 19.7 Å². The maximum atomic E-state index is 13.0. The van der Waals surface area contributed by atoms with E-state index in [0.29, 0.717) is 18.0 Å². The van der Waals surface area contributed by atoms with Crippen molar-refractivity contribution >= 4 is 11.8 Å². The summed E-state index contributed by atoms with van der Waals surface area (Å²) >= 11 is 0. The van der Waals surface area contributed by atoms with Gasteiger partial charge >= 0.3 is 0 Å². The summed E-state index contributed by atoms with van der Waals surface area (Å²) in [5.41, 5.74) is 2.00. The van der Waals surface area contributed by atoms with E-state index in [1.54, 1.807) is 18.9 Å². The molecule has 0 aliphatic rings. The second-order valence-corrected chi connectivity index (χ2v) is 7.30. The zero-order valence-corrected chi connectivity index (χ0v) is 18.3. The molecule has 0 spiro atoms. The molecule has 0 unspecified atom stereocenters. The molecule has 30 heavy (non-hydrogen) atoms. The van der Waals surface area contributed by atoms with Crippen LogP contribution in [0.15, 0.2) is 48.5 Å². The van der Waals surface area contributed by atoms with E-state index in [-0.39, 0.29) is 25.0 Å². The maximum Gasteiger partial charge on any atom is 0.261 e. The first-order chi connectivity index (χ1) is 14.4. The Balaban J connectivity index is 2.12. The van der Waals surface area contributed by atoms with E-state index in [1.807, 2.05) is 55.5 Å². The summed E-state index contributed by atoms with van der Waals surface area (Å²) < 4.78 is 10.9. The monoisotopic (exact) mass is 412 g/mol. The second kappa shape index (κ2) is 11.9. The molecule has 0 aliphatic heterocycles. The lowest BCUT2D eigenvalue weighted by molar-refractivity contribution is -0.142. The molecule has 0 aromatic heterocycles. The fraction of sp³-hybridized carbons (Fsp3) is 0.417. The largest absolute Gasteiger partial charge is 0.497 e. The smallest absolute Gasteiger partial charge is 0.261 e. The van der Waals surface area contributed by atoms with Crippen LogP contribution in [0, 0.1) is 6.92 Å². The van der Waals surface area contributed by atoms with Gasteiger partial charge in [-0.2, -0.15) is 0 Å². The van der Waals surface area contributed by atoms with Gasteiger partial charge in [-0.1, -0.05) is 43.2 Å². The molecule has 2 rings (SSSR count). The number of benzene rings is 2. The zero-order valence-electron chi connectivity index (χ0n) is 18.3. The number of carbonyl (C=O) groups excluding carboxylic acids is 2. The predicted octanol–water partition coefficient (Wildman–Crippen LogP) is 3.72. The quantitative estimate of drug-likeness (QED) is 0.571. The molecule has 0 bridgehead atoms. The van der Waals surface area contributed by atoms with Crippen molar-refractivity contribution in [3.63, 3.8) is 0 Å². The molecule has 2 aromatic rings. The third kappa shape index (κ3) is 7.10. The minimum Gasteiger partial charge on any atom is -0.497 e. The standard InChI is InChI=1S/C24H32N2O4/c1-5-6-14-25-24(28)19(3)26(16-20-8-7-9-22(15-20)29-4)23(27)17-30-21-12-10-18(2)11-13-21/h7-13,15,19H,5-6,14,16-17H2,1-4H3,(H,25,28)/t19-/m1/s1. The zero-order chi connectivity index (χ0) is 21.9. The first-order valence-corrected chi connectivity index (χ1v) is 10.3. The first kappa shape index (κ1) is 23.3. The summed E-state index contributed by atoms with van der Waals surface area (Å²) in [5, 5.41) is 2.91. The van der Waals surface area contributed by atoms with Crippen LogP contribution in [0.1, 0.15) is 37.8 Å². The normalized spacial score (nSPS) is 11.5. The van der Waals surface area contributed by atoms with Crippen molar-refractivity contribution in [1.82, 2.24) is 10.2 Å². The molecular formula is C24H32N2O4. The van der Waals surface area contributed by atoms with Crippen LogP contribution in [0.5, 0.6) is 11.5 Å². The van der Waals surface area contributed by atoms with Crippen LogP contribution in [0.25, 0.3) is 0 Å². The summed E-state index contributed by atoms with van der Waals surface area (Å²) in [6, 6.07) is 14.4. The molecule has 2 aromatic carbocycles. The number of nitrogens with zero attached hydrogens (tertiary/aromatic N) is 1. The van der Waals surface area contributed by atoms with Gasteiger partial charge in [-0.3, -0.25) is 9.59 Å². The van der Waals surface area contributed by atoms with Crippen molar-refractivity contribution in [1.29, 1.82) is 0 Å².